The predicted molar refractivity (Wildman–Crippen MR) is 129 cm³/mol. The molecule has 0 saturated carbocycles. The minimum Gasteiger partial charge on any atom is -0.452 e. The highest BCUT2D eigenvalue weighted by atomic mass is 35.5. The second kappa shape index (κ2) is 10.0. The Bertz CT molecular complexity index is 1380. The number of ether oxygens (including phenoxy) is 1. The standard InChI is InChI=1S/C24H17Cl2F3N4O4/c1-13-8-14(4-5-18(13)20(34)33(22(35)36-2)21-30-6-3-7-31-21)19-12-23(37-32-19,24(27,28)29)15-9-16(25)11-17(26)10-15/h3-12,32H,1-2H3. The molecular formula is C24H17Cl2F3N4O4. The van der Waals surface area contributed by atoms with Crippen molar-refractivity contribution in [3.63, 3.8) is 0 Å². The molecule has 2 amide bonds. The maximum Gasteiger partial charge on any atom is 0.428 e. The van der Waals surface area contributed by atoms with Gasteiger partial charge in [-0.2, -0.15) is 18.1 Å². The average molecular weight is 553 g/mol. The number of nitrogens with one attached hydrogen (secondary N) is 1. The molecule has 8 nitrogen and oxygen atoms in total. The Labute approximate surface area is 218 Å². The molecule has 0 aliphatic carbocycles. The van der Waals surface area contributed by atoms with Gasteiger partial charge in [-0.15, -0.1) is 0 Å². The molecule has 1 aliphatic heterocycles. The third kappa shape index (κ3) is 4.97. The monoisotopic (exact) mass is 552 g/mol. The van der Waals surface area contributed by atoms with Gasteiger partial charge in [-0.3, -0.25) is 15.1 Å². The van der Waals surface area contributed by atoms with Gasteiger partial charge < -0.3 is 4.74 Å². The Morgan fingerprint density at radius 2 is 1.73 bits per heavy atom. The van der Waals surface area contributed by atoms with Gasteiger partial charge in [-0.25, -0.2) is 14.8 Å². The van der Waals surface area contributed by atoms with E-state index in [0.29, 0.717) is 10.5 Å². The van der Waals surface area contributed by atoms with Crippen LogP contribution >= 0.6 is 23.2 Å². The van der Waals surface area contributed by atoms with Gasteiger partial charge in [0.2, 0.25) is 11.5 Å². The largest absolute Gasteiger partial charge is 0.452 e. The van der Waals surface area contributed by atoms with Crippen molar-refractivity contribution in [1.82, 2.24) is 15.4 Å². The first-order chi connectivity index (χ1) is 17.5. The zero-order chi connectivity index (χ0) is 27.0. The number of halogens is 5. The molecular weight excluding hydrogens is 536 g/mol. The predicted octanol–water partition coefficient (Wildman–Crippen LogP) is 5.84. The van der Waals surface area contributed by atoms with E-state index < -0.39 is 23.8 Å². The summed E-state index contributed by atoms with van der Waals surface area (Å²) in [7, 11) is 1.10. The van der Waals surface area contributed by atoms with Crippen LogP contribution in [0.5, 0.6) is 0 Å². The van der Waals surface area contributed by atoms with Crippen molar-refractivity contribution in [1.29, 1.82) is 0 Å². The number of anilines is 1. The molecule has 4 rings (SSSR count). The molecule has 2 aromatic carbocycles. The van der Waals surface area contributed by atoms with Crippen LogP contribution in [-0.2, 0) is 15.2 Å². The van der Waals surface area contributed by atoms with Crippen LogP contribution < -0.4 is 10.4 Å². The Hall–Kier alpha value is -3.67. The molecule has 0 bridgehead atoms. The smallest absolute Gasteiger partial charge is 0.428 e. The Morgan fingerprint density at radius 3 is 2.30 bits per heavy atom. The average Bonchev–Trinajstić information content (AvgIpc) is 3.31. The molecule has 1 N–H and O–H groups in total. The van der Waals surface area contributed by atoms with Crippen molar-refractivity contribution in [3.05, 3.63) is 93.2 Å². The van der Waals surface area contributed by atoms with Gasteiger partial charge in [0.15, 0.2) is 0 Å². The summed E-state index contributed by atoms with van der Waals surface area (Å²) in [6, 6.07) is 9.27. The molecule has 1 aromatic heterocycles. The number of carbonyl (C=O) groups excluding carboxylic acids is 2. The normalized spacial score (nSPS) is 17.1. The summed E-state index contributed by atoms with van der Waals surface area (Å²) in [6.45, 7) is 1.56. The number of aromatic nitrogens is 2. The van der Waals surface area contributed by atoms with Crippen LogP contribution in [0.3, 0.4) is 0 Å². The van der Waals surface area contributed by atoms with E-state index in [0.717, 1.165) is 25.3 Å². The van der Waals surface area contributed by atoms with Crippen molar-refractivity contribution >= 4 is 46.8 Å². The highest BCUT2D eigenvalue weighted by molar-refractivity contribution is 6.34. The van der Waals surface area contributed by atoms with Gasteiger partial charge in [-0.1, -0.05) is 29.3 Å². The Morgan fingerprint density at radius 1 is 1.08 bits per heavy atom. The Balaban J connectivity index is 1.73. The summed E-state index contributed by atoms with van der Waals surface area (Å²) in [5.74, 6) is -0.989. The minimum atomic E-state index is -4.88. The number of hydroxylamine groups is 1. The maximum absolute atomic E-state index is 14.3. The van der Waals surface area contributed by atoms with E-state index in [1.54, 1.807) is 6.92 Å². The van der Waals surface area contributed by atoms with Crippen LogP contribution in [-0.4, -0.2) is 35.3 Å². The summed E-state index contributed by atoms with van der Waals surface area (Å²) in [5.41, 5.74) is -0.159. The second-order valence-electron chi connectivity index (χ2n) is 7.84. The van der Waals surface area contributed by atoms with Crippen LogP contribution in [0.15, 0.2) is 60.9 Å². The number of carbonyl (C=O) groups is 2. The molecule has 3 aromatic rings. The SMILES string of the molecule is COC(=O)N(C(=O)c1ccc(C2=CC(c3cc(Cl)cc(Cl)c3)(C(F)(F)F)ON2)cc1C)c1ncccn1. The van der Waals surface area contributed by atoms with Crippen LogP contribution in [0.1, 0.15) is 27.0 Å². The van der Waals surface area contributed by atoms with Crippen molar-refractivity contribution in [3.8, 4) is 0 Å². The molecule has 13 heteroatoms. The lowest BCUT2D eigenvalue weighted by Crippen LogP contribution is -2.42. The topological polar surface area (TPSA) is 93.7 Å². The third-order valence-electron chi connectivity index (χ3n) is 5.46. The molecule has 1 unspecified atom stereocenters. The minimum absolute atomic E-state index is 0.00726. The summed E-state index contributed by atoms with van der Waals surface area (Å²) < 4.78 is 47.5. The molecule has 37 heavy (non-hydrogen) atoms. The third-order valence-corrected chi connectivity index (χ3v) is 5.90. The highest BCUT2D eigenvalue weighted by Gasteiger charge is 2.59. The van der Waals surface area contributed by atoms with E-state index in [2.05, 4.69) is 15.4 Å². The van der Waals surface area contributed by atoms with E-state index >= 15 is 0 Å². The zero-order valence-electron chi connectivity index (χ0n) is 19.1. The molecule has 0 saturated heterocycles. The molecule has 0 spiro atoms. The van der Waals surface area contributed by atoms with E-state index in [1.165, 1.54) is 42.7 Å². The number of hydrogen-bond acceptors (Lipinski definition) is 7. The molecule has 1 atom stereocenters. The van der Waals surface area contributed by atoms with E-state index in [4.69, 9.17) is 32.8 Å². The van der Waals surface area contributed by atoms with Crippen molar-refractivity contribution in [2.45, 2.75) is 18.7 Å². The van der Waals surface area contributed by atoms with Gasteiger partial charge >= 0.3 is 12.3 Å². The van der Waals surface area contributed by atoms with Gasteiger partial charge in [0, 0.05) is 33.6 Å². The summed E-state index contributed by atoms with van der Waals surface area (Å²) in [4.78, 5) is 39.1. The van der Waals surface area contributed by atoms with Gasteiger partial charge in [0.25, 0.3) is 5.91 Å². The number of hydrogen-bond donors (Lipinski definition) is 1. The quantitative estimate of drug-likeness (QED) is 0.434. The van der Waals surface area contributed by atoms with Crippen LogP contribution in [0, 0.1) is 6.92 Å². The van der Waals surface area contributed by atoms with Crippen LogP contribution in [0.4, 0.5) is 23.9 Å². The molecule has 192 valence electrons. The number of rotatable bonds is 4. The number of benzene rings is 2. The summed E-state index contributed by atoms with van der Waals surface area (Å²) >= 11 is 11.9. The molecule has 2 heterocycles. The number of nitrogens with zero attached hydrogens (tertiary/aromatic N) is 3. The van der Waals surface area contributed by atoms with Gasteiger partial charge in [0.1, 0.15) is 0 Å². The Kier molecular flexibility index (Phi) is 7.13. The lowest BCUT2D eigenvalue weighted by atomic mass is 9.91. The highest BCUT2D eigenvalue weighted by Crippen LogP contribution is 2.48. The molecule has 1 aliphatic rings. The summed E-state index contributed by atoms with van der Waals surface area (Å²) in [6.07, 6.45) is -2.33. The van der Waals surface area contributed by atoms with E-state index in [9.17, 15) is 22.8 Å². The first-order valence-electron chi connectivity index (χ1n) is 10.5. The number of alkyl halides is 3. The lowest BCUT2D eigenvalue weighted by molar-refractivity contribution is -0.269. The zero-order valence-corrected chi connectivity index (χ0v) is 20.6. The maximum atomic E-state index is 14.3. The summed E-state index contributed by atoms with van der Waals surface area (Å²) in [5, 5.41) is 0.0145. The van der Waals surface area contributed by atoms with E-state index in [1.807, 2.05) is 0 Å². The van der Waals surface area contributed by atoms with E-state index in [-0.39, 0.29) is 38.4 Å². The fraction of sp³-hybridized carbons (Fsp3) is 0.167. The van der Waals surface area contributed by atoms with Crippen molar-refractivity contribution in [2.24, 2.45) is 0 Å². The van der Waals surface area contributed by atoms with Gasteiger partial charge in [0.05, 0.1) is 12.8 Å². The van der Waals surface area contributed by atoms with Crippen LogP contribution in [0.2, 0.25) is 10.0 Å². The fourth-order valence-electron chi connectivity index (χ4n) is 3.70. The molecule has 0 fully saturated rings. The number of amides is 2. The number of imide groups is 1. The van der Waals surface area contributed by atoms with Crippen LogP contribution in [0.25, 0.3) is 5.70 Å². The lowest BCUT2D eigenvalue weighted by Gasteiger charge is -2.28. The first kappa shape index (κ1) is 26.4. The second-order valence-corrected chi connectivity index (χ2v) is 8.72. The van der Waals surface area contributed by atoms with Crippen molar-refractivity contribution in [2.75, 3.05) is 12.0 Å². The number of aryl methyl sites for hydroxylation is 1. The van der Waals surface area contributed by atoms with Gasteiger partial charge in [-0.05, 0) is 60.5 Å². The molecule has 0 radical (unpaired) electrons. The number of methoxy groups -OCH3 is 1. The van der Waals surface area contributed by atoms with Crippen molar-refractivity contribution < 1.29 is 32.3 Å². The first-order valence-corrected chi connectivity index (χ1v) is 11.2. The fourth-order valence-corrected chi connectivity index (χ4v) is 4.22.